The molecular weight excluding hydrogens is 303 g/mol. The van der Waals surface area contributed by atoms with E-state index in [0.717, 1.165) is 17.3 Å². The molecule has 0 aliphatic heterocycles. The Kier molecular flexibility index (Phi) is 5.97. The lowest BCUT2D eigenvalue weighted by atomic mass is 10.2. The van der Waals surface area contributed by atoms with Gasteiger partial charge in [-0.1, -0.05) is 42.5 Å². The van der Waals surface area contributed by atoms with Gasteiger partial charge in [0.1, 0.15) is 5.82 Å². The van der Waals surface area contributed by atoms with Crippen molar-refractivity contribution in [1.82, 2.24) is 10.6 Å². The fraction of sp³-hybridized carbons (Fsp3) is 0.125. The summed E-state index contributed by atoms with van der Waals surface area (Å²) in [7, 11) is 0. The van der Waals surface area contributed by atoms with Crippen LogP contribution in [-0.2, 0) is 11.3 Å². The molecule has 0 spiro atoms. The van der Waals surface area contributed by atoms with Crippen molar-refractivity contribution in [2.24, 2.45) is 0 Å². The highest BCUT2D eigenvalue weighted by Crippen LogP contribution is 2.20. The molecule has 3 amide bonds. The largest absolute Gasteiger partial charge is 0.334 e. The number of rotatable bonds is 5. The van der Waals surface area contributed by atoms with Crippen LogP contribution in [0.2, 0.25) is 0 Å². The van der Waals surface area contributed by atoms with Gasteiger partial charge in [0.2, 0.25) is 5.91 Å². The van der Waals surface area contributed by atoms with E-state index in [1.54, 1.807) is 18.2 Å². The topological polar surface area (TPSA) is 58.2 Å². The van der Waals surface area contributed by atoms with Crippen molar-refractivity contribution in [3.8, 4) is 0 Å². The molecule has 0 radical (unpaired) electrons. The lowest BCUT2D eigenvalue weighted by Gasteiger charge is -2.07. The molecule has 0 aliphatic carbocycles. The normalized spacial score (nSPS) is 10.0. The number of carbonyl (C=O) groups is 2. The first-order valence-corrected chi connectivity index (χ1v) is 7.62. The van der Waals surface area contributed by atoms with Gasteiger partial charge >= 0.3 is 6.03 Å². The SMILES string of the molecule is O=C(CSc1ccccc1F)NC(=O)NCc1ccccc1. The quantitative estimate of drug-likeness (QED) is 0.833. The Bertz CT molecular complexity index is 650. The molecule has 114 valence electrons. The Morgan fingerprint density at radius 3 is 2.41 bits per heavy atom. The van der Waals surface area contributed by atoms with E-state index in [0.29, 0.717) is 11.4 Å². The molecule has 0 aliphatic rings. The lowest BCUT2D eigenvalue weighted by molar-refractivity contribution is -0.117. The van der Waals surface area contributed by atoms with Gasteiger partial charge in [0.05, 0.1) is 5.75 Å². The van der Waals surface area contributed by atoms with Gasteiger partial charge in [-0.2, -0.15) is 0 Å². The minimum absolute atomic E-state index is 0.0281. The summed E-state index contributed by atoms with van der Waals surface area (Å²) in [5.41, 5.74) is 0.936. The zero-order valence-electron chi connectivity index (χ0n) is 11.7. The Balaban J connectivity index is 1.72. The van der Waals surface area contributed by atoms with Crippen LogP contribution in [0.3, 0.4) is 0 Å². The molecule has 2 rings (SSSR count). The van der Waals surface area contributed by atoms with E-state index in [4.69, 9.17) is 0 Å². The maximum absolute atomic E-state index is 13.4. The first kappa shape index (κ1) is 16.0. The van der Waals surface area contributed by atoms with Crippen molar-refractivity contribution in [3.63, 3.8) is 0 Å². The predicted octanol–water partition coefficient (Wildman–Crippen LogP) is 2.94. The molecule has 0 saturated carbocycles. The van der Waals surface area contributed by atoms with Gasteiger partial charge in [-0.25, -0.2) is 9.18 Å². The van der Waals surface area contributed by atoms with Crippen LogP contribution < -0.4 is 10.6 Å². The summed E-state index contributed by atoms with van der Waals surface area (Å²) in [4.78, 5) is 23.6. The summed E-state index contributed by atoms with van der Waals surface area (Å²) >= 11 is 1.04. The minimum Gasteiger partial charge on any atom is -0.334 e. The van der Waals surface area contributed by atoms with E-state index in [-0.39, 0.29) is 11.6 Å². The Labute approximate surface area is 132 Å². The second-order valence-electron chi connectivity index (χ2n) is 4.44. The van der Waals surface area contributed by atoms with E-state index in [1.165, 1.54) is 6.07 Å². The number of hydrogen-bond donors (Lipinski definition) is 2. The van der Waals surface area contributed by atoms with E-state index >= 15 is 0 Å². The van der Waals surface area contributed by atoms with Crippen LogP contribution in [0.1, 0.15) is 5.56 Å². The van der Waals surface area contributed by atoms with Crippen LogP contribution in [0.5, 0.6) is 0 Å². The molecule has 6 heteroatoms. The molecule has 4 nitrogen and oxygen atoms in total. The van der Waals surface area contributed by atoms with Gasteiger partial charge in [0.15, 0.2) is 0 Å². The molecule has 2 N–H and O–H groups in total. The van der Waals surface area contributed by atoms with Crippen LogP contribution in [0.15, 0.2) is 59.5 Å². The molecule has 2 aromatic rings. The molecule has 0 bridgehead atoms. The third-order valence-corrected chi connectivity index (χ3v) is 3.79. The third kappa shape index (κ3) is 5.21. The molecule has 0 aromatic heterocycles. The number of amides is 3. The fourth-order valence-electron chi connectivity index (χ4n) is 1.69. The predicted molar refractivity (Wildman–Crippen MR) is 83.9 cm³/mol. The standard InChI is InChI=1S/C16H15FN2O2S/c17-13-8-4-5-9-14(13)22-11-15(20)19-16(21)18-10-12-6-2-1-3-7-12/h1-9H,10-11H2,(H2,18,19,20,21). The van der Waals surface area contributed by atoms with Crippen molar-refractivity contribution in [3.05, 3.63) is 66.0 Å². The number of urea groups is 1. The number of hydrogen-bond acceptors (Lipinski definition) is 3. The Morgan fingerprint density at radius 1 is 1.00 bits per heavy atom. The van der Waals surface area contributed by atoms with Crippen LogP contribution in [0.4, 0.5) is 9.18 Å². The molecule has 0 unspecified atom stereocenters. The average Bonchev–Trinajstić information content (AvgIpc) is 2.53. The molecule has 22 heavy (non-hydrogen) atoms. The van der Waals surface area contributed by atoms with E-state index in [9.17, 15) is 14.0 Å². The monoisotopic (exact) mass is 318 g/mol. The Hall–Kier alpha value is -2.34. The van der Waals surface area contributed by atoms with Gasteiger partial charge in [0.25, 0.3) is 0 Å². The zero-order valence-corrected chi connectivity index (χ0v) is 12.5. The molecule has 2 aromatic carbocycles. The summed E-state index contributed by atoms with van der Waals surface area (Å²) in [6, 6.07) is 15.0. The zero-order chi connectivity index (χ0) is 15.8. The molecule has 0 heterocycles. The van der Waals surface area contributed by atoms with Crippen molar-refractivity contribution >= 4 is 23.7 Å². The minimum atomic E-state index is -0.567. The number of imide groups is 1. The molecule has 0 saturated heterocycles. The van der Waals surface area contributed by atoms with E-state index < -0.39 is 11.9 Å². The molecule has 0 fully saturated rings. The highest BCUT2D eigenvalue weighted by Gasteiger charge is 2.09. The first-order chi connectivity index (χ1) is 10.6. The Morgan fingerprint density at radius 2 is 1.68 bits per heavy atom. The van der Waals surface area contributed by atoms with Gasteiger partial charge < -0.3 is 5.32 Å². The summed E-state index contributed by atoms with van der Waals surface area (Å²) in [6.45, 7) is 0.334. The van der Waals surface area contributed by atoms with Gasteiger partial charge in [-0.05, 0) is 17.7 Å². The van der Waals surface area contributed by atoms with Crippen LogP contribution >= 0.6 is 11.8 Å². The van der Waals surface area contributed by atoms with Gasteiger partial charge in [0, 0.05) is 11.4 Å². The number of nitrogens with one attached hydrogen (secondary N) is 2. The second-order valence-corrected chi connectivity index (χ2v) is 5.45. The van der Waals surface area contributed by atoms with Crippen molar-refractivity contribution in [1.29, 1.82) is 0 Å². The number of thioether (sulfide) groups is 1. The summed E-state index contributed by atoms with van der Waals surface area (Å²) in [5, 5.41) is 4.79. The molecular formula is C16H15FN2O2S. The third-order valence-electron chi connectivity index (χ3n) is 2.74. The van der Waals surface area contributed by atoms with Crippen molar-refractivity contribution in [2.75, 3.05) is 5.75 Å². The summed E-state index contributed by atoms with van der Waals surface area (Å²) in [6.07, 6.45) is 0. The van der Waals surface area contributed by atoms with E-state index in [1.807, 2.05) is 30.3 Å². The number of benzene rings is 2. The fourth-order valence-corrected chi connectivity index (χ4v) is 2.43. The van der Waals surface area contributed by atoms with Gasteiger partial charge in [-0.15, -0.1) is 11.8 Å². The summed E-state index contributed by atoms with van der Waals surface area (Å²) < 4.78 is 13.4. The smallest absolute Gasteiger partial charge is 0.321 e. The number of carbonyl (C=O) groups excluding carboxylic acids is 2. The molecule has 0 atom stereocenters. The summed E-state index contributed by atoms with van der Waals surface area (Å²) in [5.74, 6) is -0.882. The first-order valence-electron chi connectivity index (χ1n) is 6.64. The van der Waals surface area contributed by atoms with Crippen LogP contribution in [-0.4, -0.2) is 17.7 Å². The van der Waals surface area contributed by atoms with Crippen LogP contribution in [0, 0.1) is 5.82 Å². The van der Waals surface area contributed by atoms with Crippen molar-refractivity contribution < 1.29 is 14.0 Å². The van der Waals surface area contributed by atoms with Gasteiger partial charge in [-0.3, -0.25) is 10.1 Å². The number of halogens is 1. The maximum atomic E-state index is 13.4. The van der Waals surface area contributed by atoms with E-state index in [2.05, 4.69) is 10.6 Å². The maximum Gasteiger partial charge on any atom is 0.321 e. The van der Waals surface area contributed by atoms with Crippen LogP contribution in [0.25, 0.3) is 0 Å². The average molecular weight is 318 g/mol. The lowest BCUT2D eigenvalue weighted by Crippen LogP contribution is -2.39. The second kappa shape index (κ2) is 8.19. The highest BCUT2D eigenvalue weighted by atomic mass is 32.2. The van der Waals surface area contributed by atoms with Crippen molar-refractivity contribution in [2.45, 2.75) is 11.4 Å². The highest BCUT2D eigenvalue weighted by molar-refractivity contribution is 8.00.